The molecular weight excluding hydrogens is 366 g/mol. The molecule has 0 atom stereocenters. The second kappa shape index (κ2) is 7.98. The van der Waals surface area contributed by atoms with Crippen LogP contribution in [0.2, 0.25) is 0 Å². The van der Waals surface area contributed by atoms with E-state index >= 15 is 0 Å². The number of rotatable bonds is 6. The van der Waals surface area contributed by atoms with Gasteiger partial charge >= 0.3 is 6.01 Å². The molecule has 0 unspecified atom stereocenters. The normalized spacial score (nSPS) is 10.7. The van der Waals surface area contributed by atoms with E-state index in [4.69, 9.17) is 15.2 Å². The summed E-state index contributed by atoms with van der Waals surface area (Å²) in [5, 5.41) is 2.14. The lowest BCUT2D eigenvalue weighted by atomic mass is 9.99. The standard InChI is InChI=1S/C23H19N3O3/c1-28-23-25-12-18(13-26-23)21-19-5-3-2-4-16(19)10-11-20(21)29-14-15-6-8-17(9-7-15)22(24)27/h2-13H,14H2,1H3,(H2,24,27). The van der Waals surface area contributed by atoms with Gasteiger partial charge in [0.1, 0.15) is 12.4 Å². The van der Waals surface area contributed by atoms with Crippen LogP contribution in [0.15, 0.2) is 73.1 Å². The molecule has 4 aromatic rings. The Bertz CT molecular complexity index is 1160. The molecule has 0 saturated carbocycles. The van der Waals surface area contributed by atoms with Crippen molar-refractivity contribution < 1.29 is 14.3 Å². The van der Waals surface area contributed by atoms with E-state index in [0.29, 0.717) is 18.2 Å². The molecule has 3 aromatic carbocycles. The van der Waals surface area contributed by atoms with Crippen LogP contribution in [0, 0.1) is 0 Å². The number of hydrogen-bond acceptors (Lipinski definition) is 5. The molecule has 0 radical (unpaired) electrons. The highest BCUT2D eigenvalue weighted by atomic mass is 16.5. The number of nitrogens with two attached hydrogens (primary N) is 1. The molecule has 6 heteroatoms. The van der Waals surface area contributed by atoms with Gasteiger partial charge in [-0.25, -0.2) is 9.97 Å². The van der Waals surface area contributed by atoms with Crippen LogP contribution in [0.3, 0.4) is 0 Å². The zero-order valence-electron chi connectivity index (χ0n) is 15.8. The molecule has 0 saturated heterocycles. The molecule has 0 aliphatic carbocycles. The Kier molecular flexibility index (Phi) is 5.07. The molecule has 4 rings (SSSR count). The second-order valence-corrected chi connectivity index (χ2v) is 6.47. The first-order valence-corrected chi connectivity index (χ1v) is 9.05. The van der Waals surface area contributed by atoms with Crippen molar-refractivity contribution in [1.29, 1.82) is 0 Å². The van der Waals surface area contributed by atoms with Crippen molar-refractivity contribution >= 4 is 16.7 Å². The van der Waals surface area contributed by atoms with E-state index in [1.807, 2.05) is 42.5 Å². The van der Waals surface area contributed by atoms with Crippen LogP contribution in [-0.4, -0.2) is 23.0 Å². The van der Waals surface area contributed by atoms with E-state index in [1.54, 1.807) is 24.5 Å². The average molecular weight is 385 g/mol. The number of aromatic nitrogens is 2. The van der Waals surface area contributed by atoms with Crippen molar-refractivity contribution in [2.75, 3.05) is 7.11 Å². The van der Waals surface area contributed by atoms with Gasteiger partial charge in [0, 0.05) is 29.1 Å². The Morgan fingerprint density at radius 1 is 0.966 bits per heavy atom. The van der Waals surface area contributed by atoms with Crippen LogP contribution in [0.5, 0.6) is 11.8 Å². The number of nitrogens with zero attached hydrogens (tertiary/aromatic N) is 2. The zero-order chi connectivity index (χ0) is 20.2. The highest BCUT2D eigenvalue weighted by molar-refractivity contribution is 5.99. The van der Waals surface area contributed by atoms with Crippen LogP contribution in [0.4, 0.5) is 0 Å². The summed E-state index contributed by atoms with van der Waals surface area (Å²) in [6.45, 7) is 0.349. The minimum Gasteiger partial charge on any atom is -0.488 e. The van der Waals surface area contributed by atoms with E-state index in [9.17, 15) is 4.79 Å². The van der Waals surface area contributed by atoms with Crippen LogP contribution in [0.1, 0.15) is 15.9 Å². The van der Waals surface area contributed by atoms with Gasteiger partial charge in [-0.05, 0) is 34.5 Å². The van der Waals surface area contributed by atoms with Crippen molar-refractivity contribution in [2.24, 2.45) is 5.73 Å². The first-order chi connectivity index (χ1) is 14.2. The Hall–Kier alpha value is -3.93. The smallest absolute Gasteiger partial charge is 0.316 e. The van der Waals surface area contributed by atoms with Gasteiger partial charge < -0.3 is 15.2 Å². The summed E-state index contributed by atoms with van der Waals surface area (Å²) in [7, 11) is 1.53. The van der Waals surface area contributed by atoms with E-state index in [-0.39, 0.29) is 0 Å². The van der Waals surface area contributed by atoms with Crippen molar-refractivity contribution in [3.63, 3.8) is 0 Å². The van der Waals surface area contributed by atoms with Crippen molar-refractivity contribution in [1.82, 2.24) is 9.97 Å². The fourth-order valence-corrected chi connectivity index (χ4v) is 3.15. The molecule has 0 aliphatic heterocycles. The van der Waals surface area contributed by atoms with Gasteiger partial charge in [0.05, 0.1) is 7.11 Å². The largest absolute Gasteiger partial charge is 0.488 e. The maximum absolute atomic E-state index is 11.2. The van der Waals surface area contributed by atoms with Gasteiger partial charge in [-0.15, -0.1) is 0 Å². The topological polar surface area (TPSA) is 87.3 Å². The zero-order valence-corrected chi connectivity index (χ0v) is 15.8. The van der Waals surface area contributed by atoms with Crippen LogP contribution < -0.4 is 15.2 Å². The number of carbonyl (C=O) groups excluding carboxylic acids is 1. The number of hydrogen-bond donors (Lipinski definition) is 1. The summed E-state index contributed by atoms with van der Waals surface area (Å²) >= 11 is 0. The van der Waals surface area contributed by atoms with Gasteiger partial charge in [0.25, 0.3) is 0 Å². The summed E-state index contributed by atoms with van der Waals surface area (Å²) in [4.78, 5) is 19.7. The van der Waals surface area contributed by atoms with Crippen LogP contribution in [-0.2, 0) is 6.61 Å². The maximum atomic E-state index is 11.2. The maximum Gasteiger partial charge on any atom is 0.316 e. The average Bonchev–Trinajstić information content (AvgIpc) is 2.77. The number of fused-ring (bicyclic) bond motifs is 1. The summed E-state index contributed by atoms with van der Waals surface area (Å²) < 4.78 is 11.2. The Labute approximate surface area is 167 Å². The lowest BCUT2D eigenvalue weighted by Crippen LogP contribution is -2.10. The van der Waals surface area contributed by atoms with Crippen molar-refractivity contribution in [3.05, 3.63) is 84.2 Å². The molecule has 1 aromatic heterocycles. The number of carbonyl (C=O) groups is 1. The number of ether oxygens (including phenoxy) is 2. The van der Waals surface area contributed by atoms with Crippen molar-refractivity contribution in [3.8, 4) is 22.9 Å². The number of benzene rings is 3. The number of methoxy groups -OCH3 is 1. The molecule has 6 nitrogen and oxygen atoms in total. The highest BCUT2D eigenvalue weighted by Gasteiger charge is 2.13. The molecule has 2 N–H and O–H groups in total. The monoisotopic (exact) mass is 385 g/mol. The third kappa shape index (κ3) is 3.87. The van der Waals surface area contributed by atoms with Crippen molar-refractivity contribution in [2.45, 2.75) is 6.61 Å². The molecule has 0 fully saturated rings. The van der Waals surface area contributed by atoms with Gasteiger partial charge in [0.2, 0.25) is 5.91 Å². The third-order valence-corrected chi connectivity index (χ3v) is 4.62. The molecule has 1 heterocycles. The Balaban J connectivity index is 1.70. The first kappa shape index (κ1) is 18.4. The molecule has 0 aliphatic rings. The quantitative estimate of drug-likeness (QED) is 0.542. The van der Waals surface area contributed by atoms with E-state index in [2.05, 4.69) is 16.0 Å². The fourth-order valence-electron chi connectivity index (χ4n) is 3.15. The lowest BCUT2D eigenvalue weighted by molar-refractivity contribution is 0.1000. The lowest BCUT2D eigenvalue weighted by Gasteiger charge is -2.15. The van der Waals surface area contributed by atoms with Crippen LogP contribution in [0.25, 0.3) is 21.9 Å². The predicted octanol–water partition coefficient (Wildman–Crippen LogP) is 3.98. The van der Waals surface area contributed by atoms with Gasteiger partial charge in [0.15, 0.2) is 0 Å². The Morgan fingerprint density at radius 2 is 1.69 bits per heavy atom. The summed E-state index contributed by atoms with van der Waals surface area (Å²) in [5.74, 6) is 0.269. The Morgan fingerprint density at radius 3 is 2.38 bits per heavy atom. The van der Waals surface area contributed by atoms with E-state index in [0.717, 1.165) is 33.2 Å². The van der Waals surface area contributed by atoms with Gasteiger partial charge in [-0.3, -0.25) is 4.79 Å². The number of primary amides is 1. The number of amides is 1. The predicted molar refractivity (Wildman–Crippen MR) is 111 cm³/mol. The van der Waals surface area contributed by atoms with Gasteiger partial charge in [-0.2, -0.15) is 0 Å². The molecule has 0 bridgehead atoms. The molecular formula is C23H19N3O3. The van der Waals surface area contributed by atoms with Crippen LogP contribution >= 0.6 is 0 Å². The molecule has 1 amide bonds. The summed E-state index contributed by atoms with van der Waals surface area (Å²) in [5.41, 5.74) is 8.45. The summed E-state index contributed by atoms with van der Waals surface area (Å²) in [6, 6.07) is 19.4. The van der Waals surface area contributed by atoms with E-state index < -0.39 is 5.91 Å². The molecule has 0 spiro atoms. The van der Waals surface area contributed by atoms with Gasteiger partial charge in [-0.1, -0.05) is 42.5 Å². The fraction of sp³-hybridized carbons (Fsp3) is 0.0870. The third-order valence-electron chi connectivity index (χ3n) is 4.62. The second-order valence-electron chi connectivity index (χ2n) is 6.47. The SMILES string of the molecule is COc1ncc(-c2c(OCc3ccc(C(N)=O)cc3)ccc3ccccc23)cn1. The summed E-state index contributed by atoms with van der Waals surface area (Å²) in [6.07, 6.45) is 3.45. The molecule has 29 heavy (non-hydrogen) atoms. The molecule has 144 valence electrons. The minimum absolute atomic E-state index is 0.311. The minimum atomic E-state index is -0.450. The highest BCUT2D eigenvalue weighted by Crippen LogP contribution is 2.37. The first-order valence-electron chi connectivity index (χ1n) is 9.05. The van der Waals surface area contributed by atoms with E-state index in [1.165, 1.54) is 7.11 Å².